The van der Waals surface area contributed by atoms with E-state index in [-0.39, 0.29) is 0 Å². The Morgan fingerprint density at radius 1 is 1.39 bits per heavy atom. The average molecular weight is 256 g/mol. The van der Waals surface area contributed by atoms with Gasteiger partial charge in [-0.1, -0.05) is 0 Å². The molecular formula is C14H28N2O2. The number of rotatable bonds is 8. The van der Waals surface area contributed by atoms with Crippen LogP contribution < -0.4 is 5.32 Å². The first kappa shape index (κ1) is 14.3. The van der Waals surface area contributed by atoms with Gasteiger partial charge in [0.15, 0.2) is 0 Å². The van der Waals surface area contributed by atoms with E-state index in [0.717, 1.165) is 39.0 Å². The van der Waals surface area contributed by atoms with Gasteiger partial charge in [-0.05, 0) is 38.6 Å². The molecule has 2 atom stereocenters. The van der Waals surface area contributed by atoms with Crippen LogP contribution in [0.4, 0.5) is 0 Å². The lowest BCUT2D eigenvalue weighted by Gasteiger charge is -2.32. The van der Waals surface area contributed by atoms with Crippen molar-refractivity contribution in [1.29, 1.82) is 0 Å². The number of ether oxygens (including phenoxy) is 2. The maximum Gasteiger partial charge on any atom is 0.0630 e. The van der Waals surface area contributed by atoms with E-state index < -0.39 is 0 Å². The minimum Gasteiger partial charge on any atom is -0.383 e. The van der Waals surface area contributed by atoms with E-state index in [0.29, 0.717) is 12.0 Å². The topological polar surface area (TPSA) is 33.7 Å². The van der Waals surface area contributed by atoms with Gasteiger partial charge in [0.1, 0.15) is 0 Å². The quantitative estimate of drug-likeness (QED) is 0.705. The van der Waals surface area contributed by atoms with E-state index in [1.165, 1.54) is 25.7 Å². The van der Waals surface area contributed by atoms with Crippen LogP contribution in [0.5, 0.6) is 0 Å². The Labute approximate surface area is 111 Å². The Morgan fingerprint density at radius 2 is 2.22 bits per heavy atom. The summed E-state index contributed by atoms with van der Waals surface area (Å²) in [4.78, 5) is 2.44. The standard InChI is InChI=1S/C14H28N2O2/c1-16(9-12-4-3-7-18-10-12)14(11-17-2)8-15-13-5-6-13/h12-15H,3-11H2,1-2H3. The van der Waals surface area contributed by atoms with Crippen LogP contribution in [0.3, 0.4) is 0 Å². The summed E-state index contributed by atoms with van der Waals surface area (Å²) in [5.74, 6) is 0.698. The van der Waals surface area contributed by atoms with Gasteiger partial charge in [-0.15, -0.1) is 0 Å². The molecule has 2 aliphatic rings. The molecular weight excluding hydrogens is 228 g/mol. The fraction of sp³-hybridized carbons (Fsp3) is 1.00. The molecule has 2 unspecified atom stereocenters. The summed E-state index contributed by atoms with van der Waals surface area (Å²) in [5, 5.41) is 3.61. The van der Waals surface area contributed by atoms with Crippen LogP contribution >= 0.6 is 0 Å². The molecule has 1 aliphatic heterocycles. The minimum absolute atomic E-state index is 0.484. The third kappa shape index (κ3) is 4.84. The molecule has 0 bridgehead atoms. The number of nitrogens with one attached hydrogen (secondary N) is 1. The van der Waals surface area contributed by atoms with E-state index in [9.17, 15) is 0 Å². The number of likely N-dealkylation sites (N-methyl/N-ethyl adjacent to an activating group) is 1. The van der Waals surface area contributed by atoms with Crippen LogP contribution in [0.25, 0.3) is 0 Å². The van der Waals surface area contributed by atoms with Gasteiger partial charge in [0, 0.05) is 38.9 Å². The first-order chi connectivity index (χ1) is 8.79. The molecule has 0 aromatic heterocycles. The van der Waals surface area contributed by atoms with Crippen LogP contribution in [-0.2, 0) is 9.47 Å². The van der Waals surface area contributed by atoms with Gasteiger partial charge in [-0.2, -0.15) is 0 Å². The summed E-state index contributed by atoms with van der Waals surface area (Å²) < 4.78 is 10.9. The molecule has 4 heteroatoms. The Balaban J connectivity index is 1.71. The number of hydrogen-bond acceptors (Lipinski definition) is 4. The number of nitrogens with zero attached hydrogens (tertiary/aromatic N) is 1. The van der Waals surface area contributed by atoms with Crippen LogP contribution in [0, 0.1) is 5.92 Å². The normalized spacial score (nSPS) is 26.5. The molecule has 2 fully saturated rings. The van der Waals surface area contributed by atoms with Crippen molar-refractivity contribution in [3.05, 3.63) is 0 Å². The lowest BCUT2D eigenvalue weighted by Crippen LogP contribution is -2.46. The molecule has 106 valence electrons. The third-order valence-corrected chi connectivity index (χ3v) is 4.00. The van der Waals surface area contributed by atoms with Gasteiger partial charge < -0.3 is 14.8 Å². The molecule has 2 rings (SSSR count). The van der Waals surface area contributed by atoms with Gasteiger partial charge >= 0.3 is 0 Å². The van der Waals surface area contributed by atoms with Crippen molar-refractivity contribution >= 4 is 0 Å². The second-order valence-electron chi connectivity index (χ2n) is 5.81. The van der Waals surface area contributed by atoms with Crippen molar-refractivity contribution in [3.63, 3.8) is 0 Å². The van der Waals surface area contributed by atoms with Gasteiger partial charge in [0.2, 0.25) is 0 Å². The molecule has 4 nitrogen and oxygen atoms in total. The molecule has 1 saturated heterocycles. The zero-order valence-electron chi connectivity index (χ0n) is 11.9. The van der Waals surface area contributed by atoms with Gasteiger partial charge in [-0.25, -0.2) is 0 Å². The molecule has 0 radical (unpaired) electrons. The fourth-order valence-electron chi connectivity index (χ4n) is 2.63. The highest BCUT2D eigenvalue weighted by Crippen LogP contribution is 2.19. The van der Waals surface area contributed by atoms with Gasteiger partial charge in [-0.3, -0.25) is 4.90 Å². The summed E-state index contributed by atoms with van der Waals surface area (Å²) in [5.41, 5.74) is 0. The van der Waals surface area contributed by atoms with Crippen LogP contribution in [0.1, 0.15) is 25.7 Å². The summed E-state index contributed by atoms with van der Waals surface area (Å²) in [7, 11) is 4.01. The first-order valence-corrected chi connectivity index (χ1v) is 7.30. The van der Waals surface area contributed by atoms with Crippen LogP contribution in [0.15, 0.2) is 0 Å². The van der Waals surface area contributed by atoms with E-state index in [1.54, 1.807) is 7.11 Å². The van der Waals surface area contributed by atoms with Crippen molar-refractivity contribution in [2.24, 2.45) is 5.92 Å². The summed E-state index contributed by atoms with van der Waals surface area (Å²) >= 11 is 0. The Bertz CT molecular complexity index is 228. The molecule has 18 heavy (non-hydrogen) atoms. The average Bonchev–Trinajstić information content (AvgIpc) is 3.19. The van der Waals surface area contributed by atoms with Crippen LogP contribution in [0.2, 0.25) is 0 Å². The zero-order chi connectivity index (χ0) is 12.8. The Morgan fingerprint density at radius 3 is 2.83 bits per heavy atom. The highest BCUT2D eigenvalue weighted by atomic mass is 16.5. The SMILES string of the molecule is COCC(CNC1CC1)N(C)CC1CCCOC1. The largest absolute Gasteiger partial charge is 0.383 e. The van der Waals surface area contributed by atoms with E-state index >= 15 is 0 Å². The van der Waals surface area contributed by atoms with E-state index in [4.69, 9.17) is 9.47 Å². The predicted molar refractivity (Wildman–Crippen MR) is 72.9 cm³/mol. The zero-order valence-corrected chi connectivity index (χ0v) is 11.9. The fourth-order valence-corrected chi connectivity index (χ4v) is 2.63. The summed E-state index contributed by atoms with van der Waals surface area (Å²) in [6.07, 6.45) is 5.22. The smallest absolute Gasteiger partial charge is 0.0630 e. The van der Waals surface area contributed by atoms with Crippen molar-refractivity contribution in [1.82, 2.24) is 10.2 Å². The number of methoxy groups -OCH3 is 1. The number of hydrogen-bond donors (Lipinski definition) is 1. The van der Waals surface area contributed by atoms with Crippen molar-refractivity contribution in [3.8, 4) is 0 Å². The lowest BCUT2D eigenvalue weighted by molar-refractivity contribution is 0.0268. The maximum atomic E-state index is 5.56. The maximum absolute atomic E-state index is 5.56. The molecule has 0 aromatic carbocycles. The molecule has 0 spiro atoms. The van der Waals surface area contributed by atoms with Gasteiger partial charge in [0.25, 0.3) is 0 Å². The predicted octanol–water partition coefficient (Wildman–Crippen LogP) is 1.11. The highest BCUT2D eigenvalue weighted by molar-refractivity contribution is 4.84. The van der Waals surface area contributed by atoms with Crippen molar-refractivity contribution < 1.29 is 9.47 Å². The summed E-state index contributed by atoms with van der Waals surface area (Å²) in [6, 6.07) is 1.26. The van der Waals surface area contributed by atoms with E-state index in [1.807, 2.05) is 0 Å². The second kappa shape index (κ2) is 7.43. The third-order valence-electron chi connectivity index (χ3n) is 4.00. The van der Waals surface area contributed by atoms with E-state index in [2.05, 4.69) is 17.3 Å². The first-order valence-electron chi connectivity index (χ1n) is 7.30. The molecule has 0 aromatic rings. The monoisotopic (exact) mass is 256 g/mol. The molecule has 0 amide bonds. The molecule has 1 N–H and O–H groups in total. The summed E-state index contributed by atoms with van der Waals surface area (Å²) in [6.45, 7) is 4.86. The Hall–Kier alpha value is -0.160. The second-order valence-corrected chi connectivity index (χ2v) is 5.81. The Kier molecular flexibility index (Phi) is 5.89. The minimum atomic E-state index is 0.484. The molecule has 1 heterocycles. The van der Waals surface area contributed by atoms with Crippen LogP contribution in [-0.4, -0.2) is 64.1 Å². The molecule has 1 aliphatic carbocycles. The molecule has 1 saturated carbocycles. The van der Waals surface area contributed by atoms with Crippen molar-refractivity contribution in [2.75, 3.05) is 47.1 Å². The van der Waals surface area contributed by atoms with Crippen molar-refractivity contribution in [2.45, 2.75) is 37.8 Å². The highest BCUT2D eigenvalue weighted by Gasteiger charge is 2.25. The van der Waals surface area contributed by atoms with Gasteiger partial charge in [0.05, 0.1) is 13.2 Å². The lowest BCUT2D eigenvalue weighted by atomic mass is 10.0.